The van der Waals surface area contributed by atoms with E-state index in [2.05, 4.69) is 32.5 Å². The molecular formula is C28H44N4O7. The summed E-state index contributed by atoms with van der Waals surface area (Å²) in [6, 6.07) is 8.17. The first-order chi connectivity index (χ1) is 18.6. The highest BCUT2D eigenvalue weighted by Crippen LogP contribution is 2.31. The van der Waals surface area contributed by atoms with Crippen LogP contribution in [0.25, 0.3) is 0 Å². The van der Waals surface area contributed by atoms with Gasteiger partial charge in [-0.2, -0.15) is 0 Å². The van der Waals surface area contributed by atoms with Crippen LogP contribution in [0.5, 0.6) is 5.88 Å². The van der Waals surface area contributed by atoms with Crippen LogP contribution < -0.4 is 10.1 Å². The molecule has 0 saturated carbocycles. The standard InChI is InChI=1S/C28H44N4O7/c1-17(2)23-20(27(31-30-23)39-28-26(37)25(36)24(35)21(16-33)38-28)15-19-11-9-18(10-12-19)7-5-8-22(34)29-13-6-14-32(3)4/h9-12,17,21,24-26,28,33,35-37H,5-8,13-16H2,1-4H3,(H,29,34)(H,30,31)/t21-,24-,25+,26-,28+/m1/s1. The number of carbonyl (C=O) groups excluding carboxylic acids is 1. The number of benzene rings is 1. The average molecular weight is 549 g/mol. The van der Waals surface area contributed by atoms with Crippen molar-refractivity contribution in [1.82, 2.24) is 20.4 Å². The Morgan fingerprint density at radius 2 is 1.79 bits per heavy atom. The van der Waals surface area contributed by atoms with E-state index < -0.39 is 37.3 Å². The van der Waals surface area contributed by atoms with E-state index in [9.17, 15) is 25.2 Å². The number of hydrogen-bond donors (Lipinski definition) is 6. The molecule has 6 N–H and O–H groups in total. The lowest BCUT2D eigenvalue weighted by molar-refractivity contribution is -0.278. The number of aliphatic hydroxyl groups excluding tert-OH is 4. The maximum atomic E-state index is 12.1. The van der Waals surface area contributed by atoms with E-state index in [1.165, 1.54) is 0 Å². The van der Waals surface area contributed by atoms with Crippen LogP contribution in [0.15, 0.2) is 24.3 Å². The van der Waals surface area contributed by atoms with Crippen molar-refractivity contribution in [2.45, 2.75) is 82.6 Å². The summed E-state index contributed by atoms with van der Waals surface area (Å²) < 4.78 is 11.4. The van der Waals surface area contributed by atoms with E-state index >= 15 is 0 Å². The van der Waals surface area contributed by atoms with Crippen molar-refractivity contribution in [2.75, 3.05) is 33.8 Å². The highest BCUT2D eigenvalue weighted by atomic mass is 16.7. The lowest BCUT2D eigenvalue weighted by Crippen LogP contribution is -2.60. The molecular weight excluding hydrogens is 504 g/mol. The van der Waals surface area contributed by atoms with E-state index in [1.54, 1.807) is 0 Å². The molecule has 0 bridgehead atoms. The summed E-state index contributed by atoms with van der Waals surface area (Å²) in [6.45, 7) is 5.15. The summed E-state index contributed by atoms with van der Waals surface area (Å²) in [6.07, 6.45) is -3.38. The smallest absolute Gasteiger partial charge is 0.238 e. The maximum absolute atomic E-state index is 12.1. The Morgan fingerprint density at radius 3 is 2.44 bits per heavy atom. The first-order valence-electron chi connectivity index (χ1n) is 13.6. The number of rotatable bonds is 14. The van der Waals surface area contributed by atoms with Crippen molar-refractivity contribution in [3.63, 3.8) is 0 Å². The molecule has 1 fully saturated rings. The highest BCUT2D eigenvalue weighted by Gasteiger charge is 2.45. The number of aromatic amines is 1. The number of aliphatic hydroxyl groups is 4. The zero-order valence-electron chi connectivity index (χ0n) is 23.3. The third kappa shape index (κ3) is 8.72. The molecule has 1 aliphatic rings. The van der Waals surface area contributed by atoms with Gasteiger partial charge in [0.1, 0.15) is 24.4 Å². The molecule has 39 heavy (non-hydrogen) atoms. The summed E-state index contributed by atoms with van der Waals surface area (Å²) in [5, 5.41) is 50.2. The number of nitrogens with zero attached hydrogens (tertiary/aromatic N) is 2. The topological polar surface area (TPSA) is 160 Å². The average Bonchev–Trinajstić information content (AvgIpc) is 3.30. The van der Waals surface area contributed by atoms with E-state index in [4.69, 9.17) is 9.47 Å². The monoisotopic (exact) mass is 548 g/mol. The number of aryl methyl sites for hydroxylation is 1. The predicted molar refractivity (Wildman–Crippen MR) is 145 cm³/mol. The molecule has 1 aromatic heterocycles. The molecule has 1 amide bonds. The number of nitrogens with one attached hydrogen (secondary N) is 2. The Bertz CT molecular complexity index is 1030. The molecule has 218 valence electrons. The van der Waals surface area contributed by atoms with Gasteiger partial charge in [-0.1, -0.05) is 38.1 Å². The summed E-state index contributed by atoms with van der Waals surface area (Å²) in [5.74, 6) is 0.426. The predicted octanol–water partition coefficient (Wildman–Crippen LogP) is 0.693. The Morgan fingerprint density at radius 1 is 1.10 bits per heavy atom. The normalized spacial score (nSPS) is 23.4. The van der Waals surface area contributed by atoms with Gasteiger partial charge in [0.2, 0.25) is 18.1 Å². The van der Waals surface area contributed by atoms with Gasteiger partial charge in [-0.25, -0.2) is 0 Å². The number of H-pyrrole nitrogens is 1. The summed E-state index contributed by atoms with van der Waals surface area (Å²) in [7, 11) is 4.03. The van der Waals surface area contributed by atoms with Gasteiger partial charge in [-0.15, -0.1) is 5.10 Å². The van der Waals surface area contributed by atoms with Gasteiger partial charge >= 0.3 is 0 Å². The SMILES string of the molecule is CC(C)c1[nH]nc(O[C@@H]2O[C@H](CO)[C@@H](O)[C@H](O)[C@H]2O)c1Cc1ccc(CCCC(=O)NCCCN(C)C)cc1. The first kappa shape index (κ1) is 31.0. The second kappa shape index (κ2) is 14.7. The lowest BCUT2D eigenvalue weighted by Gasteiger charge is -2.39. The molecule has 0 radical (unpaired) electrons. The lowest BCUT2D eigenvalue weighted by atomic mass is 9.97. The third-order valence-electron chi connectivity index (χ3n) is 6.89. The van der Waals surface area contributed by atoms with Gasteiger partial charge in [0.25, 0.3) is 0 Å². The van der Waals surface area contributed by atoms with Crippen LogP contribution in [0.3, 0.4) is 0 Å². The van der Waals surface area contributed by atoms with Crippen molar-refractivity contribution in [1.29, 1.82) is 0 Å². The van der Waals surface area contributed by atoms with E-state index in [1.807, 2.05) is 40.1 Å². The van der Waals surface area contributed by atoms with E-state index in [0.717, 1.165) is 48.2 Å². The second-order valence-electron chi connectivity index (χ2n) is 10.7. The Kier molecular flexibility index (Phi) is 11.7. The van der Waals surface area contributed by atoms with Crippen molar-refractivity contribution >= 4 is 5.91 Å². The van der Waals surface area contributed by atoms with Crippen LogP contribution in [0.1, 0.15) is 61.4 Å². The van der Waals surface area contributed by atoms with Gasteiger partial charge in [0.05, 0.1) is 6.61 Å². The van der Waals surface area contributed by atoms with Crippen molar-refractivity contribution in [3.8, 4) is 5.88 Å². The Labute approximate surface area is 230 Å². The van der Waals surface area contributed by atoms with Crippen LogP contribution in [-0.2, 0) is 22.4 Å². The van der Waals surface area contributed by atoms with Gasteiger partial charge in [-0.05, 0) is 56.9 Å². The first-order valence-corrected chi connectivity index (χ1v) is 13.6. The van der Waals surface area contributed by atoms with Crippen LogP contribution >= 0.6 is 0 Å². The molecule has 1 saturated heterocycles. The number of hydrogen-bond acceptors (Lipinski definition) is 9. The summed E-state index contributed by atoms with van der Waals surface area (Å²) in [4.78, 5) is 14.1. The zero-order valence-corrected chi connectivity index (χ0v) is 23.3. The van der Waals surface area contributed by atoms with Crippen LogP contribution in [-0.4, -0.2) is 106 Å². The number of ether oxygens (including phenoxy) is 2. The molecule has 2 heterocycles. The molecule has 3 rings (SSSR count). The minimum atomic E-state index is -1.53. The molecule has 1 aromatic carbocycles. The third-order valence-corrected chi connectivity index (χ3v) is 6.89. The van der Waals surface area contributed by atoms with Crippen LogP contribution in [0.2, 0.25) is 0 Å². The van der Waals surface area contributed by atoms with E-state index in [-0.39, 0.29) is 17.7 Å². The number of carbonyl (C=O) groups is 1. The zero-order chi connectivity index (χ0) is 28.5. The van der Waals surface area contributed by atoms with Crippen LogP contribution in [0, 0.1) is 0 Å². The quantitative estimate of drug-likeness (QED) is 0.187. The van der Waals surface area contributed by atoms with Crippen molar-refractivity contribution in [3.05, 3.63) is 46.6 Å². The number of amides is 1. The Hall–Kier alpha value is -2.54. The summed E-state index contributed by atoms with van der Waals surface area (Å²) >= 11 is 0. The molecule has 5 atom stereocenters. The molecule has 11 nitrogen and oxygen atoms in total. The fraction of sp³-hybridized carbons (Fsp3) is 0.643. The minimum Gasteiger partial charge on any atom is -0.443 e. The molecule has 1 aliphatic heterocycles. The molecule has 0 unspecified atom stereocenters. The van der Waals surface area contributed by atoms with Crippen LogP contribution in [0.4, 0.5) is 0 Å². The van der Waals surface area contributed by atoms with Gasteiger partial charge in [-0.3, -0.25) is 9.89 Å². The molecule has 0 aliphatic carbocycles. The van der Waals surface area contributed by atoms with Gasteiger partial charge < -0.3 is 40.1 Å². The maximum Gasteiger partial charge on any atom is 0.238 e. The fourth-order valence-corrected chi connectivity index (χ4v) is 4.57. The summed E-state index contributed by atoms with van der Waals surface area (Å²) in [5.41, 5.74) is 3.84. The second-order valence-corrected chi connectivity index (χ2v) is 10.7. The highest BCUT2D eigenvalue weighted by molar-refractivity contribution is 5.75. The molecule has 0 spiro atoms. The number of aromatic nitrogens is 2. The minimum absolute atomic E-state index is 0.0819. The van der Waals surface area contributed by atoms with Crippen molar-refractivity contribution < 1.29 is 34.7 Å². The fourth-order valence-electron chi connectivity index (χ4n) is 4.57. The van der Waals surface area contributed by atoms with Crippen molar-refractivity contribution in [2.24, 2.45) is 0 Å². The molecule has 2 aromatic rings. The Balaban J connectivity index is 1.59. The van der Waals surface area contributed by atoms with E-state index in [0.29, 0.717) is 19.4 Å². The van der Waals surface area contributed by atoms with Gasteiger partial charge in [0.15, 0.2) is 0 Å². The largest absolute Gasteiger partial charge is 0.443 e. The molecule has 11 heteroatoms. The van der Waals surface area contributed by atoms with Gasteiger partial charge in [0, 0.05) is 30.6 Å².